The molecule has 0 fully saturated rings. The van der Waals surface area contributed by atoms with Gasteiger partial charge in [-0.25, -0.2) is 4.39 Å². The fourth-order valence-electron chi connectivity index (χ4n) is 2.20. The van der Waals surface area contributed by atoms with Crippen molar-refractivity contribution in [3.05, 3.63) is 59.4 Å². The van der Waals surface area contributed by atoms with Gasteiger partial charge in [0.2, 0.25) is 0 Å². The smallest absolute Gasteiger partial charge is 0.260 e. The normalized spacial score (nSPS) is 13.6. The van der Waals surface area contributed by atoms with Crippen molar-refractivity contribution in [3.63, 3.8) is 0 Å². The molecule has 2 N–H and O–H groups in total. The maximum atomic E-state index is 12.9. The molecule has 0 saturated heterocycles. The van der Waals surface area contributed by atoms with Crippen LogP contribution < -0.4 is 20.3 Å². The highest BCUT2D eigenvalue weighted by molar-refractivity contribution is 6.03. The van der Waals surface area contributed by atoms with Gasteiger partial charge < -0.3 is 9.47 Å². The minimum absolute atomic E-state index is 0.0769. The summed E-state index contributed by atoms with van der Waals surface area (Å²) in [6.07, 6.45) is 0. The van der Waals surface area contributed by atoms with Gasteiger partial charge in [0.1, 0.15) is 24.8 Å². The van der Waals surface area contributed by atoms with Gasteiger partial charge >= 0.3 is 0 Å². The Labute approximate surface area is 138 Å². The van der Waals surface area contributed by atoms with E-state index in [-0.39, 0.29) is 18.3 Å². The van der Waals surface area contributed by atoms with Crippen LogP contribution in [-0.4, -0.2) is 25.4 Å². The zero-order chi connectivity index (χ0) is 16.9. The predicted molar refractivity (Wildman–Crippen MR) is 86.4 cm³/mol. The van der Waals surface area contributed by atoms with Gasteiger partial charge in [-0.15, -0.1) is 0 Å². The summed E-state index contributed by atoms with van der Waals surface area (Å²) in [5, 5.41) is 0. The Balaban J connectivity index is 1.74. The van der Waals surface area contributed by atoms with E-state index in [9.17, 15) is 9.18 Å². The summed E-state index contributed by atoms with van der Waals surface area (Å²) in [7, 11) is 1.54. The van der Waals surface area contributed by atoms with Gasteiger partial charge in [0.25, 0.3) is 5.91 Å². The number of ether oxygens (including phenoxy) is 2. The fourth-order valence-corrected chi connectivity index (χ4v) is 2.20. The lowest BCUT2D eigenvalue weighted by atomic mass is 10.1. The molecule has 0 radical (unpaired) electrons. The Hall–Kier alpha value is -3.09. The van der Waals surface area contributed by atoms with E-state index in [0.717, 1.165) is 11.1 Å². The molecule has 0 aromatic heterocycles. The highest BCUT2D eigenvalue weighted by Gasteiger charge is 2.14. The van der Waals surface area contributed by atoms with Crippen LogP contribution in [0.3, 0.4) is 0 Å². The molecule has 2 aromatic carbocycles. The number of carbonyl (C=O) groups excluding carboxylic acids is 1. The third kappa shape index (κ3) is 3.62. The molecule has 0 saturated carbocycles. The molecule has 3 rings (SSSR count). The van der Waals surface area contributed by atoms with Crippen LogP contribution in [0.1, 0.15) is 11.1 Å². The van der Waals surface area contributed by atoms with Crippen molar-refractivity contribution in [3.8, 4) is 11.5 Å². The van der Waals surface area contributed by atoms with Gasteiger partial charge in [-0.05, 0) is 35.9 Å². The summed E-state index contributed by atoms with van der Waals surface area (Å²) in [4.78, 5) is 15.3. The molecule has 24 heavy (non-hydrogen) atoms. The van der Waals surface area contributed by atoms with Crippen LogP contribution in [0.4, 0.5) is 4.39 Å². The molecule has 0 aliphatic carbocycles. The van der Waals surface area contributed by atoms with Gasteiger partial charge in [-0.3, -0.25) is 20.6 Å². The molecule has 6 nitrogen and oxygen atoms in total. The Morgan fingerprint density at radius 2 is 1.92 bits per heavy atom. The van der Waals surface area contributed by atoms with E-state index in [1.54, 1.807) is 31.4 Å². The molecule has 0 unspecified atom stereocenters. The number of benzene rings is 2. The lowest BCUT2D eigenvalue weighted by molar-refractivity contribution is -0.120. The quantitative estimate of drug-likeness (QED) is 0.877. The summed E-state index contributed by atoms with van der Waals surface area (Å²) < 4.78 is 24.0. The zero-order valence-electron chi connectivity index (χ0n) is 13.0. The molecule has 0 spiro atoms. The topological polar surface area (TPSA) is 72.0 Å². The average Bonchev–Trinajstić information content (AvgIpc) is 2.62. The summed E-state index contributed by atoms with van der Waals surface area (Å²) in [6, 6.07) is 11.5. The maximum absolute atomic E-state index is 12.9. The lowest BCUT2D eigenvalue weighted by Crippen LogP contribution is -2.47. The summed E-state index contributed by atoms with van der Waals surface area (Å²) in [5.41, 5.74) is 6.86. The number of nitrogens with one attached hydrogen (secondary N) is 2. The van der Waals surface area contributed by atoms with Crippen LogP contribution in [-0.2, 0) is 11.4 Å². The van der Waals surface area contributed by atoms with Gasteiger partial charge in [0, 0.05) is 5.56 Å². The van der Waals surface area contributed by atoms with Crippen molar-refractivity contribution in [1.82, 2.24) is 10.9 Å². The molecule has 2 aromatic rings. The first-order valence-electron chi connectivity index (χ1n) is 7.30. The number of methoxy groups -OCH3 is 1. The van der Waals surface area contributed by atoms with E-state index in [0.29, 0.717) is 23.9 Å². The van der Waals surface area contributed by atoms with Gasteiger partial charge in [0.15, 0.2) is 11.5 Å². The molecule has 0 atom stereocenters. The van der Waals surface area contributed by atoms with E-state index < -0.39 is 0 Å². The molecule has 7 heteroatoms. The minimum atomic E-state index is -0.284. The van der Waals surface area contributed by atoms with Gasteiger partial charge in [-0.1, -0.05) is 12.1 Å². The number of nitrogens with zero attached hydrogens (tertiary/aromatic N) is 1. The summed E-state index contributed by atoms with van der Waals surface area (Å²) in [6.45, 7) is 0.374. The summed E-state index contributed by atoms with van der Waals surface area (Å²) >= 11 is 0. The number of halogens is 1. The number of hydrogen-bond acceptors (Lipinski definition) is 5. The second-order valence-corrected chi connectivity index (χ2v) is 5.12. The Kier molecular flexibility index (Phi) is 4.60. The Morgan fingerprint density at radius 3 is 2.58 bits per heavy atom. The number of aliphatic imine (C=N–C) groups is 1. The highest BCUT2D eigenvalue weighted by atomic mass is 19.1. The Bertz CT molecular complexity index is 775. The fraction of sp³-hybridized carbons (Fsp3) is 0.176. The molecule has 124 valence electrons. The SMILES string of the molecule is COc1cc(C2=NCC(=O)NN2)ccc1OCc1ccc(F)cc1. The number of hydrazine groups is 1. The third-order valence-electron chi connectivity index (χ3n) is 3.45. The molecular formula is C17H16FN3O3. The number of amidine groups is 1. The lowest BCUT2D eigenvalue weighted by Gasteiger charge is -2.17. The predicted octanol–water partition coefficient (Wildman–Crippen LogP) is 1.79. The van der Waals surface area contributed by atoms with Crippen molar-refractivity contribution in [1.29, 1.82) is 0 Å². The first kappa shape index (κ1) is 15.8. The maximum Gasteiger partial charge on any atom is 0.260 e. The van der Waals surface area contributed by atoms with Gasteiger partial charge in [0.05, 0.1) is 7.11 Å². The Morgan fingerprint density at radius 1 is 1.12 bits per heavy atom. The van der Waals surface area contributed by atoms with Crippen molar-refractivity contribution < 1.29 is 18.7 Å². The van der Waals surface area contributed by atoms with Crippen molar-refractivity contribution in [2.45, 2.75) is 6.61 Å². The van der Waals surface area contributed by atoms with E-state index >= 15 is 0 Å². The molecule has 1 amide bonds. The number of hydrogen-bond donors (Lipinski definition) is 2. The first-order valence-corrected chi connectivity index (χ1v) is 7.30. The molecule has 1 heterocycles. The standard InChI is InChI=1S/C17H16FN3O3/c1-23-15-8-12(17-19-9-16(22)20-21-17)4-7-14(15)24-10-11-2-5-13(18)6-3-11/h2-8H,9-10H2,1H3,(H,19,21)(H,20,22). The molecule has 1 aliphatic rings. The van der Waals surface area contributed by atoms with E-state index in [1.165, 1.54) is 12.1 Å². The largest absolute Gasteiger partial charge is 0.493 e. The van der Waals surface area contributed by atoms with Crippen LogP contribution in [0.5, 0.6) is 11.5 Å². The summed E-state index contributed by atoms with van der Waals surface area (Å²) in [5.74, 6) is 1.18. The average molecular weight is 329 g/mol. The number of amides is 1. The van der Waals surface area contributed by atoms with E-state index in [4.69, 9.17) is 9.47 Å². The molecule has 1 aliphatic heterocycles. The second-order valence-electron chi connectivity index (χ2n) is 5.12. The second kappa shape index (κ2) is 6.99. The zero-order valence-corrected chi connectivity index (χ0v) is 13.0. The van der Waals surface area contributed by atoms with Crippen molar-refractivity contribution >= 4 is 11.7 Å². The highest BCUT2D eigenvalue weighted by Crippen LogP contribution is 2.29. The van der Waals surface area contributed by atoms with E-state index in [1.807, 2.05) is 6.07 Å². The van der Waals surface area contributed by atoms with Crippen LogP contribution >= 0.6 is 0 Å². The van der Waals surface area contributed by atoms with Gasteiger partial charge in [-0.2, -0.15) is 0 Å². The monoisotopic (exact) mass is 329 g/mol. The molecular weight excluding hydrogens is 313 g/mol. The third-order valence-corrected chi connectivity index (χ3v) is 3.45. The van der Waals surface area contributed by atoms with Crippen LogP contribution in [0, 0.1) is 5.82 Å². The minimum Gasteiger partial charge on any atom is -0.493 e. The van der Waals surface area contributed by atoms with E-state index in [2.05, 4.69) is 15.8 Å². The van der Waals surface area contributed by atoms with Crippen LogP contribution in [0.25, 0.3) is 0 Å². The van der Waals surface area contributed by atoms with Crippen molar-refractivity contribution in [2.75, 3.05) is 13.7 Å². The van der Waals surface area contributed by atoms with Crippen LogP contribution in [0.15, 0.2) is 47.5 Å². The first-order chi connectivity index (χ1) is 11.7. The molecule has 0 bridgehead atoms. The number of carbonyl (C=O) groups is 1. The van der Waals surface area contributed by atoms with Crippen LogP contribution in [0.2, 0.25) is 0 Å². The number of rotatable bonds is 5. The van der Waals surface area contributed by atoms with Crippen molar-refractivity contribution in [2.24, 2.45) is 4.99 Å².